The zero-order valence-corrected chi connectivity index (χ0v) is 13.4. The Morgan fingerprint density at radius 3 is 2.43 bits per heavy atom. The third kappa shape index (κ3) is 5.61. The normalized spacial score (nSPS) is 16.7. The Kier molecular flexibility index (Phi) is 6.16. The van der Waals surface area contributed by atoms with Gasteiger partial charge in [-0.15, -0.1) is 0 Å². The van der Waals surface area contributed by atoms with E-state index in [1.165, 1.54) is 25.0 Å². The molecule has 0 bridgehead atoms. The quantitative estimate of drug-likeness (QED) is 0.780. The van der Waals surface area contributed by atoms with Gasteiger partial charge in [-0.25, -0.2) is 0 Å². The van der Waals surface area contributed by atoms with Crippen molar-refractivity contribution in [2.45, 2.75) is 50.7 Å². The SMILES string of the molecule is O=C(CNc1ccc(Cl)cc1C(F)(F)F)NC1CCCCCC1. The van der Waals surface area contributed by atoms with Gasteiger partial charge in [0, 0.05) is 16.8 Å². The predicted octanol–water partition coefficient (Wildman–Crippen LogP) is 4.61. The Bertz CT molecular complexity index is 541. The molecule has 128 valence electrons. The monoisotopic (exact) mass is 348 g/mol. The summed E-state index contributed by atoms with van der Waals surface area (Å²) >= 11 is 5.62. The summed E-state index contributed by atoms with van der Waals surface area (Å²) in [6.45, 7) is -0.193. The molecule has 0 atom stereocenters. The predicted molar refractivity (Wildman–Crippen MR) is 84.6 cm³/mol. The molecule has 2 rings (SSSR count). The van der Waals surface area contributed by atoms with Gasteiger partial charge in [-0.1, -0.05) is 37.3 Å². The zero-order valence-electron chi connectivity index (χ0n) is 12.7. The van der Waals surface area contributed by atoms with Crippen molar-refractivity contribution in [3.63, 3.8) is 0 Å². The highest BCUT2D eigenvalue weighted by molar-refractivity contribution is 6.30. The van der Waals surface area contributed by atoms with E-state index in [1.54, 1.807) is 0 Å². The van der Waals surface area contributed by atoms with E-state index >= 15 is 0 Å². The van der Waals surface area contributed by atoms with Crippen LogP contribution < -0.4 is 10.6 Å². The second kappa shape index (κ2) is 7.90. The van der Waals surface area contributed by atoms with Crippen LogP contribution in [-0.2, 0) is 11.0 Å². The van der Waals surface area contributed by atoms with E-state index in [4.69, 9.17) is 11.6 Å². The highest BCUT2D eigenvalue weighted by Crippen LogP contribution is 2.36. The van der Waals surface area contributed by atoms with E-state index < -0.39 is 11.7 Å². The van der Waals surface area contributed by atoms with E-state index in [0.29, 0.717) is 0 Å². The van der Waals surface area contributed by atoms with E-state index in [0.717, 1.165) is 31.7 Å². The molecule has 0 heterocycles. The number of carbonyl (C=O) groups is 1. The van der Waals surface area contributed by atoms with Crippen LogP contribution in [0.5, 0.6) is 0 Å². The smallest absolute Gasteiger partial charge is 0.376 e. The van der Waals surface area contributed by atoms with E-state index in [2.05, 4.69) is 10.6 Å². The molecule has 0 unspecified atom stereocenters. The number of hydrogen-bond donors (Lipinski definition) is 2. The Hall–Kier alpha value is -1.43. The lowest BCUT2D eigenvalue weighted by Gasteiger charge is -2.18. The van der Waals surface area contributed by atoms with Gasteiger partial charge in [-0.3, -0.25) is 4.79 Å². The van der Waals surface area contributed by atoms with Gasteiger partial charge in [0.2, 0.25) is 5.91 Å². The van der Waals surface area contributed by atoms with Gasteiger partial charge in [0.1, 0.15) is 0 Å². The Labute approximate surface area is 138 Å². The number of benzene rings is 1. The van der Waals surface area contributed by atoms with Crippen LogP contribution in [0.2, 0.25) is 5.02 Å². The number of anilines is 1. The number of rotatable bonds is 4. The number of halogens is 4. The molecule has 3 nitrogen and oxygen atoms in total. The molecule has 7 heteroatoms. The number of alkyl halides is 3. The maximum atomic E-state index is 13.0. The van der Waals surface area contributed by atoms with E-state index in [-0.39, 0.29) is 29.2 Å². The minimum absolute atomic E-state index is 0.00535. The minimum Gasteiger partial charge on any atom is -0.376 e. The summed E-state index contributed by atoms with van der Waals surface area (Å²) in [5.74, 6) is -0.292. The topological polar surface area (TPSA) is 41.1 Å². The summed E-state index contributed by atoms with van der Waals surface area (Å²) in [6.07, 6.45) is 1.84. The number of hydrogen-bond acceptors (Lipinski definition) is 2. The number of carbonyl (C=O) groups excluding carboxylic acids is 1. The van der Waals surface area contributed by atoms with Crippen LogP contribution in [0.3, 0.4) is 0 Å². The van der Waals surface area contributed by atoms with E-state index in [9.17, 15) is 18.0 Å². The first-order valence-corrected chi connectivity index (χ1v) is 8.14. The summed E-state index contributed by atoms with van der Waals surface area (Å²) < 4.78 is 38.9. The van der Waals surface area contributed by atoms with Crippen LogP contribution in [0, 0.1) is 0 Å². The molecule has 0 saturated heterocycles. The highest BCUT2D eigenvalue weighted by Gasteiger charge is 2.33. The number of nitrogens with one attached hydrogen (secondary N) is 2. The summed E-state index contributed by atoms with van der Waals surface area (Å²) in [5, 5.41) is 5.46. The molecule has 1 aliphatic rings. The summed E-state index contributed by atoms with van der Waals surface area (Å²) in [7, 11) is 0. The lowest BCUT2D eigenvalue weighted by Crippen LogP contribution is -2.38. The largest absolute Gasteiger partial charge is 0.418 e. The lowest BCUT2D eigenvalue weighted by atomic mass is 10.1. The summed E-state index contributed by atoms with van der Waals surface area (Å²) in [4.78, 5) is 11.9. The molecule has 0 spiro atoms. The highest BCUT2D eigenvalue weighted by atomic mass is 35.5. The van der Waals surface area contributed by atoms with Crippen molar-refractivity contribution in [1.82, 2.24) is 5.32 Å². The maximum absolute atomic E-state index is 13.0. The molecular formula is C16H20ClF3N2O. The van der Waals surface area contributed by atoms with Crippen LogP contribution in [0.4, 0.5) is 18.9 Å². The zero-order chi connectivity index (χ0) is 16.9. The van der Waals surface area contributed by atoms with Gasteiger partial charge < -0.3 is 10.6 Å². The second-order valence-corrected chi connectivity index (χ2v) is 6.23. The van der Waals surface area contributed by atoms with Gasteiger partial charge in [-0.05, 0) is 31.0 Å². The van der Waals surface area contributed by atoms with Gasteiger partial charge in [-0.2, -0.15) is 13.2 Å². The second-order valence-electron chi connectivity index (χ2n) is 5.80. The van der Waals surface area contributed by atoms with Crippen molar-refractivity contribution >= 4 is 23.2 Å². The van der Waals surface area contributed by atoms with E-state index in [1.807, 2.05) is 0 Å². The lowest BCUT2D eigenvalue weighted by molar-refractivity contribution is -0.137. The first-order chi connectivity index (χ1) is 10.9. The summed E-state index contributed by atoms with van der Waals surface area (Å²) in [5.41, 5.74) is -1.01. The Morgan fingerprint density at radius 1 is 1.17 bits per heavy atom. The molecule has 2 N–H and O–H groups in total. The fraction of sp³-hybridized carbons (Fsp3) is 0.562. The first-order valence-electron chi connectivity index (χ1n) is 7.76. The third-order valence-electron chi connectivity index (χ3n) is 3.95. The fourth-order valence-electron chi connectivity index (χ4n) is 2.78. The van der Waals surface area contributed by atoms with Gasteiger partial charge in [0.05, 0.1) is 12.1 Å². The van der Waals surface area contributed by atoms with Gasteiger partial charge in [0.15, 0.2) is 0 Å². The van der Waals surface area contributed by atoms with Crippen LogP contribution in [0.1, 0.15) is 44.1 Å². The molecule has 0 aliphatic heterocycles. The standard InChI is InChI=1S/C16H20ClF3N2O/c17-11-7-8-14(13(9-11)16(18,19)20)21-10-15(23)22-12-5-3-1-2-4-6-12/h7-9,12,21H,1-6,10H2,(H,22,23). The summed E-state index contributed by atoms with van der Waals surface area (Å²) in [6, 6.07) is 3.58. The fourth-order valence-corrected chi connectivity index (χ4v) is 2.96. The maximum Gasteiger partial charge on any atom is 0.418 e. The molecule has 1 fully saturated rings. The molecule has 23 heavy (non-hydrogen) atoms. The Balaban J connectivity index is 1.93. The Morgan fingerprint density at radius 2 is 1.83 bits per heavy atom. The number of amides is 1. The average molecular weight is 349 g/mol. The van der Waals surface area contributed by atoms with Crippen molar-refractivity contribution in [2.75, 3.05) is 11.9 Å². The molecule has 0 aromatic heterocycles. The molecular weight excluding hydrogens is 329 g/mol. The molecule has 1 amide bonds. The molecule has 0 radical (unpaired) electrons. The van der Waals surface area contributed by atoms with Crippen LogP contribution in [-0.4, -0.2) is 18.5 Å². The molecule has 1 aromatic rings. The average Bonchev–Trinajstić information content (AvgIpc) is 2.73. The van der Waals surface area contributed by atoms with Crippen LogP contribution in [0.15, 0.2) is 18.2 Å². The molecule has 1 saturated carbocycles. The van der Waals surface area contributed by atoms with Crippen molar-refractivity contribution in [1.29, 1.82) is 0 Å². The minimum atomic E-state index is -4.52. The third-order valence-corrected chi connectivity index (χ3v) is 4.18. The van der Waals surface area contributed by atoms with Gasteiger partial charge in [0.25, 0.3) is 0 Å². The molecule has 1 aromatic carbocycles. The van der Waals surface area contributed by atoms with Crippen LogP contribution in [0.25, 0.3) is 0 Å². The van der Waals surface area contributed by atoms with Crippen molar-refractivity contribution in [3.8, 4) is 0 Å². The van der Waals surface area contributed by atoms with Crippen molar-refractivity contribution in [3.05, 3.63) is 28.8 Å². The van der Waals surface area contributed by atoms with Gasteiger partial charge >= 0.3 is 6.18 Å². The van der Waals surface area contributed by atoms with Crippen molar-refractivity contribution < 1.29 is 18.0 Å². The van der Waals surface area contributed by atoms with Crippen molar-refractivity contribution in [2.24, 2.45) is 0 Å². The first kappa shape index (κ1) is 17.9. The van der Waals surface area contributed by atoms with Crippen LogP contribution >= 0.6 is 11.6 Å². The molecule has 1 aliphatic carbocycles.